The fourth-order valence-corrected chi connectivity index (χ4v) is 1.36. The molecule has 6 heteroatoms. The molecular weight excluding hydrogens is 270 g/mol. The van der Waals surface area contributed by atoms with Crippen molar-refractivity contribution in [1.82, 2.24) is 16.0 Å². The number of carbonyl (C=O) groups excluding carboxylic acids is 3. The van der Waals surface area contributed by atoms with E-state index in [4.69, 9.17) is 0 Å². The Bertz CT molecular complexity index is 405. The van der Waals surface area contributed by atoms with Crippen LogP contribution in [0.3, 0.4) is 0 Å². The SMILES string of the molecule is CC(NC(=O)C(C)NC(=O)C(C)(C)C)C(=O)NC(C)(C)C. The molecule has 0 aliphatic heterocycles. The topological polar surface area (TPSA) is 87.3 Å². The molecule has 6 nitrogen and oxygen atoms in total. The summed E-state index contributed by atoms with van der Waals surface area (Å²) in [7, 11) is 0. The molecule has 0 aromatic rings. The third-order valence-electron chi connectivity index (χ3n) is 2.67. The Kier molecular flexibility index (Phi) is 6.39. The highest BCUT2D eigenvalue weighted by Crippen LogP contribution is 2.12. The Morgan fingerprint density at radius 3 is 1.57 bits per heavy atom. The van der Waals surface area contributed by atoms with E-state index in [0.29, 0.717) is 0 Å². The van der Waals surface area contributed by atoms with Crippen molar-refractivity contribution in [1.29, 1.82) is 0 Å². The first-order valence-corrected chi connectivity index (χ1v) is 7.17. The number of hydrogen-bond acceptors (Lipinski definition) is 3. The van der Waals surface area contributed by atoms with Gasteiger partial charge in [-0.15, -0.1) is 0 Å². The van der Waals surface area contributed by atoms with E-state index >= 15 is 0 Å². The first-order chi connectivity index (χ1) is 9.24. The van der Waals surface area contributed by atoms with Crippen molar-refractivity contribution in [2.45, 2.75) is 73.0 Å². The normalized spacial score (nSPS) is 14.9. The van der Waals surface area contributed by atoms with E-state index in [9.17, 15) is 14.4 Å². The summed E-state index contributed by atoms with van der Waals surface area (Å²) in [6, 6.07) is -1.35. The molecule has 3 N–H and O–H groups in total. The number of hydrogen-bond donors (Lipinski definition) is 3. The fraction of sp³-hybridized carbons (Fsp3) is 0.800. The predicted molar refractivity (Wildman–Crippen MR) is 82.6 cm³/mol. The molecule has 0 bridgehead atoms. The minimum Gasteiger partial charge on any atom is -0.350 e. The van der Waals surface area contributed by atoms with Crippen LogP contribution >= 0.6 is 0 Å². The van der Waals surface area contributed by atoms with Crippen LogP contribution in [-0.4, -0.2) is 35.3 Å². The first kappa shape index (κ1) is 19.4. The molecule has 0 spiro atoms. The molecule has 122 valence electrons. The second-order valence-corrected chi connectivity index (χ2v) is 7.41. The van der Waals surface area contributed by atoms with Crippen LogP contribution < -0.4 is 16.0 Å². The molecule has 0 aliphatic rings. The molecule has 0 fully saturated rings. The highest BCUT2D eigenvalue weighted by Gasteiger charge is 2.27. The lowest BCUT2D eigenvalue weighted by molar-refractivity contribution is -0.134. The third-order valence-corrected chi connectivity index (χ3v) is 2.67. The molecule has 0 aromatic heterocycles. The molecule has 3 amide bonds. The number of carbonyl (C=O) groups is 3. The Morgan fingerprint density at radius 1 is 0.762 bits per heavy atom. The van der Waals surface area contributed by atoms with Crippen LogP contribution in [-0.2, 0) is 14.4 Å². The van der Waals surface area contributed by atoms with Crippen molar-refractivity contribution in [3.8, 4) is 0 Å². The maximum Gasteiger partial charge on any atom is 0.242 e. The largest absolute Gasteiger partial charge is 0.350 e. The second kappa shape index (κ2) is 6.91. The molecule has 2 atom stereocenters. The summed E-state index contributed by atoms with van der Waals surface area (Å²) in [4.78, 5) is 35.7. The Morgan fingerprint density at radius 2 is 1.19 bits per heavy atom. The summed E-state index contributed by atoms with van der Waals surface area (Å²) in [6.45, 7) is 14.1. The van der Waals surface area contributed by atoms with E-state index in [1.165, 1.54) is 0 Å². The predicted octanol–water partition coefficient (Wildman–Crippen LogP) is 0.957. The zero-order chi connectivity index (χ0) is 17.0. The average molecular weight is 299 g/mol. The van der Waals surface area contributed by atoms with Gasteiger partial charge >= 0.3 is 0 Å². The summed E-state index contributed by atoms with van der Waals surface area (Å²) in [5.74, 6) is -0.855. The highest BCUT2D eigenvalue weighted by molar-refractivity contribution is 5.92. The van der Waals surface area contributed by atoms with Crippen molar-refractivity contribution < 1.29 is 14.4 Å². The van der Waals surface area contributed by atoms with Crippen molar-refractivity contribution >= 4 is 17.7 Å². The lowest BCUT2D eigenvalue weighted by Crippen LogP contribution is -2.55. The minimum absolute atomic E-state index is 0.211. The van der Waals surface area contributed by atoms with Crippen molar-refractivity contribution in [2.24, 2.45) is 5.41 Å². The van der Waals surface area contributed by atoms with E-state index < -0.39 is 17.5 Å². The van der Waals surface area contributed by atoms with Gasteiger partial charge < -0.3 is 16.0 Å². The molecule has 2 unspecified atom stereocenters. The van der Waals surface area contributed by atoms with Gasteiger partial charge in [0.05, 0.1) is 0 Å². The number of nitrogens with one attached hydrogen (secondary N) is 3. The Balaban J connectivity index is 4.48. The summed E-state index contributed by atoms with van der Waals surface area (Å²) in [5, 5.41) is 8.01. The Hall–Kier alpha value is -1.59. The van der Waals surface area contributed by atoms with Gasteiger partial charge in [0, 0.05) is 11.0 Å². The van der Waals surface area contributed by atoms with Crippen LogP contribution in [0.4, 0.5) is 0 Å². The summed E-state index contributed by atoms with van der Waals surface area (Å²) < 4.78 is 0. The smallest absolute Gasteiger partial charge is 0.242 e. The standard InChI is InChI=1S/C15H29N3O3/c1-9(17-13(21)14(3,4)5)11(19)16-10(2)12(20)18-15(6,7)8/h9-10H,1-8H3,(H,16,19)(H,17,21)(H,18,20). The first-order valence-electron chi connectivity index (χ1n) is 7.17. The van der Waals surface area contributed by atoms with Gasteiger partial charge in [-0.25, -0.2) is 0 Å². The van der Waals surface area contributed by atoms with E-state index in [2.05, 4.69) is 16.0 Å². The van der Waals surface area contributed by atoms with Gasteiger partial charge in [-0.1, -0.05) is 20.8 Å². The van der Waals surface area contributed by atoms with E-state index in [1.54, 1.807) is 34.6 Å². The van der Waals surface area contributed by atoms with E-state index in [0.717, 1.165) is 0 Å². The van der Waals surface area contributed by atoms with Gasteiger partial charge in [0.25, 0.3) is 0 Å². The third kappa shape index (κ3) is 7.68. The van der Waals surface area contributed by atoms with Gasteiger partial charge in [-0.3, -0.25) is 14.4 Å². The Labute approximate surface area is 127 Å². The molecule has 0 saturated heterocycles. The number of rotatable bonds is 4. The van der Waals surface area contributed by atoms with Crippen LogP contribution in [0.2, 0.25) is 0 Å². The van der Waals surface area contributed by atoms with Gasteiger partial charge in [0.15, 0.2) is 0 Å². The van der Waals surface area contributed by atoms with E-state index in [1.807, 2.05) is 20.8 Å². The molecule has 0 aromatic carbocycles. The lowest BCUT2D eigenvalue weighted by Gasteiger charge is -2.25. The monoisotopic (exact) mass is 299 g/mol. The van der Waals surface area contributed by atoms with Gasteiger partial charge in [-0.2, -0.15) is 0 Å². The van der Waals surface area contributed by atoms with Crippen LogP contribution in [0.15, 0.2) is 0 Å². The van der Waals surface area contributed by atoms with Crippen molar-refractivity contribution in [2.75, 3.05) is 0 Å². The molecule has 0 saturated carbocycles. The van der Waals surface area contributed by atoms with Gasteiger partial charge in [0.2, 0.25) is 17.7 Å². The van der Waals surface area contributed by atoms with Gasteiger partial charge in [-0.05, 0) is 34.6 Å². The molecule has 0 aliphatic carbocycles. The lowest BCUT2D eigenvalue weighted by atomic mass is 9.95. The van der Waals surface area contributed by atoms with Crippen molar-refractivity contribution in [3.05, 3.63) is 0 Å². The maximum absolute atomic E-state index is 12.0. The molecule has 0 heterocycles. The molecule has 0 rings (SSSR count). The summed E-state index contributed by atoms with van der Waals surface area (Å²) >= 11 is 0. The average Bonchev–Trinajstić information content (AvgIpc) is 2.24. The second-order valence-electron chi connectivity index (χ2n) is 7.41. The van der Waals surface area contributed by atoms with E-state index in [-0.39, 0.29) is 23.3 Å². The quantitative estimate of drug-likeness (QED) is 0.722. The van der Waals surface area contributed by atoms with Gasteiger partial charge in [0.1, 0.15) is 12.1 Å². The van der Waals surface area contributed by atoms with Crippen molar-refractivity contribution in [3.63, 3.8) is 0 Å². The zero-order valence-corrected chi connectivity index (χ0v) is 14.4. The van der Waals surface area contributed by atoms with Crippen LogP contribution in [0.1, 0.15) is 55.4 Å². The molecular formula is C15H29N3O3. The van der Waals surface area contributed by atoms with Crippen LogP contribution in [0, 0.1) is 5.41 Å². The molecule has 21 heavy (non-hydrogen) atoms. The fourth-order valence-electron chi connectivity index (χ4n) is 1.36. The number of amides is 3. The maximum atomic E-state index is 12.0. The van der Waals surface area contributed by atoms with Crippen LogP contribution in [0.5, 0.6) is 0 Å². The summed E-state index contributed by atoms with van der Waals surface area (Å²) in [6.07, 6.45) is 0. The summed E-state index contributed by atoms with van der Waals surface area (Å²) in [5.41, 5.74) is -0.925. The zero-order valence-electron chi connectivity index (χ0n) is 14.4. The molecule has 0 radical (unpaired) electrons. The minimum atomic E-state index is -0.693. The highest BCUT2D eigenvalue weighted by atomic mass is 16.2. The van der Waals surface area contributed by atoms with Crippen LogP contribution in [0.25, 0.3) is 0 Å².